The molecule has 1 aromatic carbocycles. The first-order chi connectivity index (χ1) is 12.4. The molecular formula is C18H22N4O4. The number of carboxylic acid groups (broad SMARTS) is 1. The van der Waals surface area contributed by atoms with Gasteiger partial charge in [0.05, 0.1) is 43.5 Å². The number of fused-ring (bicyclic) bond motifs is 2. The zero-order valence-corrected chi connectivity index (χ0v) is 14.7. The van der Waals surface area contributed by atoms with Gasteiger partial charge in [0.2, 0.25) is 5.91 Å². The smallest absolute Gasteiger partial charge is 0.407 e. The lowest BCUT2D eigenvalue weighted by Gasteiger charge is -2.44. The highest BCUT2D eigenvalue weighted by Crippen LogP contribution is 2.19. The summed E-state index contributed by atoms with van der Waals surface area (Å²) in [5.74, 6) is 0.00410. The third kappa shape index (κ3) is 4.31. The van der Waals surface area contributed by atoms with Gasteiger partial charge in [0, 0.05) is 26.7 Å². The van der Waals surface area contributed by atoms with Gasteiger partial charge in [0.25, 0.3) is 0 Å². The van der Waals surface area contributed by atoms with Crippen LogP contribution < -0.4 is 0 Å². The minimum atomic E-state index is -0.921. The summed E-state index contributed by atoms with van der Waals surface area (Å²) in [5, 5.41) is 18.0. The van der Waals surface area contributed by atoms with Gasteiger partial charge >= 0.3 is 6.09 Å². The quantitative estimate of drug-likeness (QED) is 0.846. The Hall–Kier alpha value is -2.63. The van der Waals surface area contributed by atoms with Crippen LogP contribution in [0, 0.1) is 11.3 Å². The molecule has 2 bridgehead atoms. The Morgan fingerprint density at radius 1 is 1.23 bits per heavy atom. The number of morpholine rings is 2. The van der Waals surface area contributed by atoms with Crippen molar-refractivity contribution in [3.63, 3.8) is 0 Å². The first kappa shape index (κ1) is 18.2. The van der Waals surface area contributed by atoms with Crippen molar-refractivity contribution < 1.29 is 19.4 Å². The van der Waals surface area contributed by atoms with Gasteiger partial charge in [0.1, 0.15) is 0 Å². The summed E-state index contributed by atoms with van der Waals surface area (Å²) in [6, 6.07) is 9.26. The lowest BCUT2D eigenvalue weighted by Crippen LogP contribution is -2.61. The first-order valence-corrected chi connectivity index (χ1v) is 8.53. The van der Waals surface area contributed by atoms with Crippen molar-refractivity contribution in [2.45, 2.75) is 18.8 Å². The molecule has 138 valence electrons. The Kier molecular flexibility index (Phi) is 5.40. The minimum Gasteiger partial charge on any atom is -0.465 e. The van der Waals surface area contributed by atoms with Crippen LogP contribution in [0.25, 0.3) is 0 Å². The molecule has 2 amide bonds. The van der Waals surface area contributed by atoms with Crippen molar-refractivity contribution in [2.24, 2.45) is 0 Å². The fourth-order valence-electron chi connectivity index (χ4n) is 3.42. The standard InChI is InChI=1S/C18H22N4O4/c1-20(7-14-4-2-13(6-19)3-5-14)17(23)12-21-8-15-10-22(18(24)25)11-16(9-21)26-15/h2-5,15-16H,7-12H2,1H3,(H,24,25). The van der Waals surface area contributed by atoms with Crippen molar-refractivity contribution in [1.29, 1.82) is 5.26 Å². The van der Waals surface area contributed by atoms with Gasteiger partial charge in [-0.15, -0.1) is 0 Å². The van der Waals surface area contributed by atoms with E-state index in [1.165, 1.54) is 4.90 Å². The molecule has 3 rings (SSSR count). The molecule has 2 atom stereocenters. The second-order valence-corrected chi connectivity index (χ2v) is 6.82. The van der Waals surface area contributed by atoms with Crippen LogP contribution in [0.2, 0.25) is 0 Å². The molecule has 1 N–H and O–H groups in total. The van der Waals surface area contributed by atoms with Crippen LogP contribution in [0.15, 0.2) is 24.3 Å². The summed E-state index contributed by atoms with van der Waals surface area (Å²) in [6.45, 7) is 2.56. The van der Waals surface area contributed by atoms with Crippen LogP contribution in [0.1, 0.15) is 11.1 Å². The largest absolute Gasteiger partial charge is 0.465 e. The topological polar surface area (TPSA) is 97.1 Å². The molecule has 2 fully saturated rings. The minimum absolute atomic E-state index is 0.00410. The van der Waals surface area contributed by atoms with E-state index in [9.17, 15) is 9.59 Å². The van der Waals surface area contributed by atoms with Gasteiger partial charge in [-0.3, -0.25) is 9.69 Å². The van der Waals surface area contributed by atoms with E-state index in [-0.39, 0.29) is 24.7 Å². The Morgan fingerprint density at radius 3 is 2.38 bits per heavy atom. The van der Waals surface area contributed by atoms with E-state index in [4.69, 9.17) is 15.1 Å². The van der Waals surface area contributed by atoms with E-state index in [0.29, 0.717) is 38.3 Å². The number of rotatable bonds is 4. The van der Waals surface area contributed by atoms with E-state index in [2.05, 4.69) is 6.07 Å². The average Bonchev–Trinajstić information content (AvgIpc) is 2.61. The lowest BCUT2D eigenvalue weighted by atomic mass is 10.1. The van der Waals surface area contributed by atoms with Gasteiger partial charge in [-0.05, 0) is 17.7 Å². The Balaban J connectivity index is 1.51. The zero-order chi connectivity index (χ0) is 18.7. The van der Waals surface area contributed by atoms with Crippen molar-refractivity contribution in [3.8, 4) is 6.07 Å². The molecule has 8 nitrogen and oxygen atoms in total. The van der Waals surface area contributed by atoms with E-state index < -0.39 is 6.09 Å². The number of likely N-dealkylation sites (N-methyl/N-ethyl adjacent to an activating group) is 1. The molecular weight excluding hydrogens is 336 g/mol. The van der Waals surface area contributed by atoms with Crippen LogP contribution >= 0.6 is 0 Å². The molecule has 2 unspecified atom stereocenters. The fraction of sp³-hybridized carbons (Fsp3) is 0.500. The Labute approximate surface area is 152 Å². The Bertz CT molecular complexity index is 701. The van der Waals surface area contributed by atoms with Crippen LogP contribution in [-0.4, -0.2) is 83.8 Å². The molecule has 2 heterocycles. The van der Waals surface area contributed by atoms with Crippen LogP contribution in [0.3, 0.4) is 0 Å². The van der Waals surface area contributed by atoms with Gasteiger partial charge in [-0.2, -0.15) is 5.26 Å². The van der Waals surface area contributed by atoms with Crippen LogP contribution in [0.5, 0.6) is 0 Å². The summed E-state index contributed by atoms with van der Waals surface area (Å²) in [7, 11) is 1.76. The highest BCUT2D eigenvalue weighted by molar-refractivity contribution is 5.78. The van der Waals surface area contributed by atoms with Gasteiger partial charge in [-0.1, -0.05) is 12.1 Å². The molecule has 2 aliphatic heterocycles. The number of ether oxygens (including phenoxy) is 1. The van der Waals surface area contributed by atoms with Gasteiger partial charge in [0.15, 0.2) is 0 Å². The highest BCUT2D eigenvalue weighted by Gasteiger charge is 2.37. The third-order valence-corrected chi connectivity index (χ3v) is 4.71. The van der Waals surface area contributed by atoms with Crippen LogP contribution in [-0.2, 0) is 16.1 Å². The van der Waals surface area contributed by atoms with E-state index in [1.807, 2.05) is 17.0 Å². The van der Waals surface area contributed by atoms with Crippen molar-refractivity contribution in [3.05, 3.63) is 35.4 Å². The number of hydrogen-bond donors (Lipinski definition) is 1. The fourth-order valence-corrected chi connectivity index (χ4v) is 3.42. The number of amides is 2. The normalized spacial score (nSPS) is 22.5. The van der Waals surface area contributed by atoms with Gasteiger partial charge in [-0.25, -0.2) is 4.79 Å². The summed E-state index contributed by atoms with van der Waals surface area (Å²) >= 11 is 0. The molecule has 0 aromatic heterocycles. The SMILES string of the molecule is CN(Cc1ccc(C#N)cc1)C(=O)CN1CC2CN(C(=O)O)CC(C1)O2. The number of carbonyl (C=O) groups is 2. The van der Waals surface area contributed by atoms with E-state index in [0.717, 1.165) is 5.56 Å². The zero-order valence-electron chi connectivity index (χ0n) is 14.7. The molecule has 0 aliphatic carbocycles. The number of benzene rings is 1. The maximum Gasteiger partial charge on any atom is 0.407 e. The highest BCUT2D eigenvalue weighted by atomic mass is 16.5. The molecule has 2 aliphatic rings. The third-order valence-electron chi connectivity index (χ3n) is 4.71. The van der Waals surface area contributed by atoms with E-state index in [1.54, 1.807) is 24.1 Å². The summed E-state index contributed by atoms with van der Waals surface area (Å²) in [4.78, 5) is 28.7. The summed E-state index contributed by atoms with van der Waals surface area (Å²) in [5.41, 5.74) is 1.56. The molecule has 26 heavy (non-hydrogen) atoms. The molecule has 1 aromatic rings. The van der Waals surface area contributed by atoms with Crippen LogP contribution in [0.4, 0.5) is 4.79 Å². The van der Waals surface area contributed by atoms with Crippen molar-refractivity contribution in [1.82, 2.24) is 14.7 Å². The molecule has 0 spiro atoms. The first-order valence-electron chi connectivity index (χ1n) is 8.53. The predicted octanol–water partition coefficient (Wildman–Crippen LogP) is 0.580. The second kappa shape index (κ2) is 7.72. The number of hydrogen-bond acceptors (Lipinski definition) is 5. The molecule has 0 radical (unpaired) electrons. The molecule has 2 saturated heterocycles. The van der Waals surface area contributed by atoms with Crippen molar-refractivity contribution in [2.75, 3.05) is 39.8 Å². The maximum absolute atomic E-state index is 12.5. The lowest BCUT2D eigenvalue weighted by molar-refractivity contribution is -0.145. The monoisotopic (exact) mass is 358 g/mol. The van der Waals surface area contributed by atoms with Crippen molar-refractivity contribution >= 4 is 12.0 Å². The molecule has 8 heteroatoms. The van der Waals surface area contributed by atoms with Gasteiger partial charge < -0.3 is 19.6 Å². The number of nitriles is 1. The average molecular weight is 358 g/mol. The molecule has 0 saturated carbocycles. The number of carbonyl (C=O) groups excluding carboxylic acids is 1. The second-order valence-electron chi connectivity index (χ2n) is 6.82. The predicted molar refractivity (Wildman–Crippen MR) is 92.3 cm³/mol. The summed E-state index contributed by atoms with van der Waals surface area (Å²) < 4.78 is 5.79. The Morgan fingerprint density at radius 2 is 1.85 bits per heavy atom. The number of nitrogens with zero attached hydrogens (tertiary/aromatic N) is 4. The summed E-state index contributed by atoms with van der Waals surface area (Å²) in [6.07, 6.45) is -1.29. The maximum atomic E-state index is 12.5. The van der Waals surface area contributed by atoms with E-state index >= 15 is 0 Å².